The summed E-state index contributed by atoms with van der Waals surface area (Å²) in [5.41, 5.74) is 0.805. The number of hydrogen-bond acceptors (Lipinski definition) is 4. The molecule has 0 radical (unpaired) electrons. The second-order valence-corrected chi connectivity index (χ2v) is 5.22. The number of benzene rings is 1. The van der Waals surface area contributed by atoms with Gasteiger partial charge >= 0.3 is 0 Å². The van der Waals surface area contributed by atoms with Crippen LogP contribution >= 0.6 is 0 Å². The number of nitrogens with one attached hydrogen (secondary N) is 1. The highest BCUT2D eigenvalue weighted by molar-refractivity contribution is 7.91. The number of hydrogen-bond donors (Lipinski definition) is 1. The fourth-order valence-corrected chi connectivity index (χ4v) is 1.99. The molecule has 1 aromatic carbocycles. The first-order valence-electron chi connectivity index (χ1n) is 4.28. The number of aromatic nitrogens is 3. The highest BCUT2D eigenvalue weighted by atomic mass is 32.2. The normalized spacial score (nSPS) is 14.7. The summed E-state index contributed by atoms with van der Waals surface area (Å²) in [5.74, 6) is 0. The molecule has 2 rings (SSSR count). The molecule has 6 heteroatoms. The largest absolute Gasteiger partial charge is 0.274 e. The highest BCUT2D eigenvalue weighted by Gasteiger charge is 2.13. The van der Waals surface area contributed by atoms with Crippen LogP contribution in [0.5, 0.6) is 0 Å². The van der Waals surface area contributed by atoms with E-state index >= 15 is 0 Å². The van der Waals surface area contributed by atoms with Crippen molar-refractivity contribution in [1.29, 1.82) is 4.78 Å². The van der Waals surface area contributed by atoms with Gasteiger partial charge in [0.05, 0.1) is 0 Å². The van der Waals surface area contributed by atoms with Gasteiger partial charge in [-0.3, -0.25) is 4.57 Å². The lowest BCUT2D eigenvalue weighted by Crippen LogP contribution is -2.05. The quantitative estimate of drug-likeness (QED) is 0.832. The molecular formula is C9H10N4OS. The lowest BCUT2D eigenvalue weighted by atomic mass is 10.3. The molecule has 2 aromatic rings. The Balaban J connectivity index is 2.61. The number of nitrogens with zero attached hydrogens (tertiary/aromatic N) is 3. The lowest BCUT2D eigenvalue weighted by molar-refractivity contribution is 0.667. The topological polar surface area (TPSA) is 71.6 Å². The summed E-state index contributed by atoms with van der Waals surface area (Å²) in [4.78, 5) is 0. The third-order valence-corrected chi connectivity index (χ3v) is 2.87. The van der Waals surface area contributed by atoms with E-state index in [1.807, 2.05) is 30.3 Å². The summed E-state index contributed by atoms with van der Waals surface area (Å²) in [6, 6.07) is 9.30. The minimum absolute atomic E-state index is 0.175. The molecule has 0 amide bonds. The van der Waals surface area contributed by atoms with Gasteiger partial charge in [-0.15, -0.1) is 10.2 Å². The molecule has 0 unspecified atom stereocenters. The number of para-hydroxylation sites is 1. The van der Waals surface area contributed by atoms with E-state index in [0.717, 1.165) is 5.69 Å². The molecule has 1 N–H and O–H groups in total. The predicted octanol–water partition coefficient (Wildman–Crippen LogP) is 1.30. The van der Waals surface area contributed by atoms with Gasteiger partial charge in [0.25, 0.3) is 0 Å². The third kappa shape index (κ3) is 1.89. The van der Waals surface area contributed by atoms with Crippen LogP contribution in [0.4, 0.5) is 0 Å². The van der Waals surface area contributed by atoms with Crippen LogP contribution in [-0.2, 0) is 9.73 Å². The van der Waals surface area contributed by atoms with Crippen molar-refractivity contribution >= 4 is 9.73 Å². The minimum Gasteiger partial charge on any atom is -0.274 e. The van der Waals surface area contributed by atoms with Gasteiger partial charge in [0.2, 0.25) is 5.16 Å². The summed E-state index contributed by atoms with van der Waals surface area (Å²) in [7, 11) is -2.85. The van der Waals surface area contributed by atoms with Crippen LogP contribution in [0.1, 0.15) is 0 Å². The average Bonchev–Trinajstić information content (AvgIpc) is 2.67. The fourth-order valence-electron chi connectivity index (χ4n) is 1.26. The SMILES string of the molecule is C[S@@](=N)(=O)c1nncn1-c1ccccc1. The second-order valence-electron chi connectivity index (χ2n) is 3.16. The molecule has 15 heavy (non-hydrogen) atoms. The van der Waals surface area contributed by atoms with Crippen molar-refractivity contribution in [2.75, 3.05) is 6.26 Å². The molecule has 0 aliphatic heterocycles. The van der Waals surface area contributed by atoms with Gasteiger partial charge in [0, 0.05) is 11.9 Å². The van der Waals surface area contributed by atoms with E-state index in [2.05, 4.69) is 10.2 Å². The van der Waals surface area contributed by atoms with Crippen LogP contribution in [-0.4, -0.2) is 25.2 Å². The smallest absolute Gasteiger partial charge is 0.234 e. The monoisotopic (exact) mass is 222 g/mol. The Labute approximate surface area is 87.7 Å². The maximum Gasteiger partial charge on any atom is 0.234 e. The van der Waals surface area contributed by atoms with E-state index in [0.29, 0.717) is 0 Å². The Bertz CT molecular complexity index is 559. The molecule has 0 saturated carbocycles. The molecule has 0 spiro atoms. The molecule has 0 aliphatic rings. The first kappa shape index (κ1) is 9.85. The Hall–Kier alpha value is -1.69. The predicted molar refractivity (Wildman–Crippen MR) is 56.4 cm³/mol. The fraction of sp³-hybridized carbons (Fsp3) is 0.111. The third-order valence-electron chi connectivity index (χ3n) is 1.90. The lowest BCUT2D eigenvalue weighted by Gasteiger charge is -2.05. The molecule has 1 aromatic heterocycles. The first-order valence-corrected chi connectivity index (χ1v) is 6.25. The summed E-state index contributed by atoms with van der Waals surface area (Å²) >= 11 is 0. The molecule has 78 valence electrons. The van der Waals surface area contributed by atoms with E-state index in [1.165, 1.54) is 12.6 Å². The molecule has 1 atom stereocenters. The van der Waals surface area contributed by atoms with Crippen molar-refractivity contribution in [3.63, 3.8) is 0 Å². The van der Waals surface area contributed by atoms with Gasteiger partial charge < -0.3 is 0 Å². The Morgan fingerprint density at radius 1 is 1.33 bits per heavy atom. The van der Waals surface area contributed by atoms with Crippen molar-refractivity contribution in [3.05, 3.63) is 36.7 Å². The molecular weight excluding hydrogens is 212 g/mol. The van der Waals surface area contributed by atoms with Gasteiger partial charge in [0.15, 0.2) is 0 Å². The van der Waals surface area contributed by atoms with Crippen LogP contribution in [0.15, 0.2) is 41.8 Å². The zero-order valence-electron chi connectivity index (χ0n) is 8.12. The molecule has 1 heterocycles. The Kier molecular flexibility index (Phi) is 2.28. The van der Waals surface area contributed by atoms with E-state index in [9.17, 15) is 4.21 Å². The highest BCUT2D eigenvalue weighted by Crippen LogP contribution is 2.12. The van der Waals surface area contributed by atoms with Crippen LogP contribution in [0, 0.1) is 4.78 Å². The first-order chi connectivity index (χ1) is 7.09. The zero-order chi connectivity index (χ0) is 10.9. The van der Waals surface area contributed by atoms with Gasteiger partial charge in [-0.1, -0.05) is 18.2 Å². The Morgan fingerprint density at radius 3 is 2.60 bits per heavy atom. The molecule has 0 aliphatic carbocycles. The zero-order valence-corrected chi connectivity index (χ0v) is 8.94. The van der Waals surface area contributed by atoms with Gasteiger partial charge in [0.1, 0.15) is 16.1 Å². The van der Waals surface area contributed by atoms with Crippen molar-refractivity contribution in [2.24, 2.45) is 0 Å². The van der Waals surface area contributed by atoms with E-state index in [1.54, 1.807) is 4.57 Å². The summed E-state index contributed by atoms with van der Waals surface area (Å²) < 4.78 is 20.6. The van der Waals surface area contributed by atoms with E-state index in [4.69, 9.17) is 4.78 Å². The average molecular weight is 222 g/mol. The maximum absolute atomic E-state index is 11.6. The summed E-state index contributed by atoms with van der Waals surface area (Å²) in [6.45, 7) is 0. The van der Waals surface area contributed by atoms with Crippen molar-refractivity contribution in [3.8, 4) is 5.69 Å². The van der Waals surface area contributed by atoms with Crippen LogP contribution in [0.3, 0.4) is 0 Å². The molecule has 0 fully saturated rings. The van der Waals surface area contributed by atoms with E-state index < -0.39 is 9.73 Å². The van der Waals surface area contributed by atoms with Crippen molar-refractivity contribution in [2.45, 2.75) is 5.16 Å². The van der Waals surface area contributed by atoms with Gasteiger partial charge in [-0.2, -0.15) is 0 Å². The minimum atomic E-state index is -2.85. The molecule has 5 nitrogen and oxygen atoms in total. The summed E-state index contributed by atoms with van der Waals surface area (Å²) in [5, 5.41) is 7.57. The standard InChI is InChI=1S/C9H10N4OS/c1-15(10,14)9-12-11-7-13(9)8-5-3-2-4-6-8/h2-7,10H,1H3/t15-/m1/s1. The van der Waals surface area contributed by atoms with Crippen molar-refractivity contribution < 1.29 is 4.21 Å². The van der Waals surface area contributed by atoms with E-state index in [-0.39, 0.29) is 5.16 Å². The van der Waals surface area contributed by atoms with Crippen molar-refractivity contribution in [1.82, 2.24) is 14.8 Å². The van der Waals surface area contributed by atoms with Crippen LogP contribution in [0.25, 0.3) is 5.69 Å². The summed E-state index contributed by atoms with van der Waals surface area (Å²) in [6.07, 6.45) is 2.79. The Morgan fingerprint density at radius 2 is 2.00 bits per heavy atom. The van der Waals surface area contributed by atoms with Crippen LogP contribution < -0.4 is 0 Å². The molecule has 0 bridgehead atoms. The maximum atomic E-state index is 11.6. The van der Waals surface area contributed by atoms with Gasteiger partial charge in [-0.05, 0) is 12.1 Å². The molecule has 0 saturated heterocycles. The number of rotatable bonds is 2. The second kappa shape index (κ2) is 3.47. The van der Waals surface area contributed by atoms with Gasteiger partial charge in [-0.25, -0.2) is 8.99 Å². The van der Waals surface area contributed by atoms with Crippen LogP contribution in [0.2, 0.25) is 0 Å².